The number of nitrogens with zero attached hydrogens (tertiary/aromatic N) is 3. The van der Waals surface area contributed by atoms with Crippen molar-refractivity contribution in [3.63, 3.8) is 0 Å². The van der Waals surface area contributed by atoms with Gasteiger partial charge in [-0.05, 0) is 12.1 Å². The van der Waals surface area contributed by atoms with Gasteiger partial charge in [0.2, 0.25) is 0 Å². The molecule has 0 spiro atoms. The van der Waals surface area contributed by atoms with Gasteiger partial charge >= 0.3 is 0 Å². The van der Waals surface area contributed by atoms with Crippen LogP contribution in [-0.4, -0.2) is 28.0 Å². The van der Waals surface area contributed by atoms with E-state index in [0.717, 1.165) is 11.4 Å². The number of aromatic nitrogens is 3. The lowest BCUT2D eigenvalue weighted by Gasteiger charge is -2.05. The Labute approximate surface area is 109 Å². The number of hydrogen-bond acceptors (Lipinski definition) is 3. The second-order valence-electron chi connectivity index (χ2n) is 3.41. The van der Waals surface area contributed by atoms with Gasteiger partial charge in [0.1, 0.15) is 5.75 Å². The van der Waals surface area contributed by atoms with Crippen LogP contribution in [0.25, 0.3) is 5.69 Å². The number of ether oxygens (including phenoxy) is 1. The van der Waals surface area contributed by atoms with Gasteiger partial charge in [-0.15, -0.1) is 16.7 Å². The smallest absolute Gasteiger partial charge is 0.139 e. The Hall–Kier alpha value is -1.26. The molecule has 2 rings (SSSR count). The molecule has 1 heterocycles. The number of methoxy groups -OCH3 is 1. The summed E-state index contributed by atoms with van der Waals surface area (Å²) in [5.74, 6) is 1.14. The zero-order chi connectivity index (χ0) is 12.3. The highest BCUT2D eigenvalue weighted by atomic mass is 35.5. The zero-order valence-electron chi connectivity index (χ0n) is 9.23. The maximum Gasteiger partial charge on any atom is 0.139 e. The average Bonchev–Trinajstić information content (AvgIpc) is 2.79. The molecule has 0 N–H and O–H groups in total. The van der Waals surface area contributed by atoms with Crippen LogP contribution in [0.3, 0.4) is 0 Å². The molecule has 0 fully saturated rings. The van der Waals surface area contributed by atoms with Crippen molar-refractivity contribution in [2.24, 2.45) is 0 Å². The minimum Gasteiger partial charge on any atom is -0.495 e. The van der Waals surface area contributed by atoms with Gasteiger partial charge in [-0.25, -0.2) is 4.68 Å². The highest BCUT2D eigenvalue weighted by Crippen LogP contribution is 2.26. The van der Waals surface area contributed by atoms with Crippen molar-refractivity contribution in [3.05, 3.63) is 35.1 Å². The first-order valence-corrected chi connectivity index (χ1v) is 5.97. The molecular weight excluding hydrogens is 261 g/mol. The van der Waals surface area contributed by atoms with Crippen LogP contribution in [0, 0.1) is 0 Å². The van der Waals surface area contributed by atoms with E-state index in [2.05, 4.69) is 10.3 Å². The Bertz CT molecular complexity index is 513. The summed E-state index contributed by atoms with van der Waals surface area (Å²) in [6.07, 6.45) is 2.54. The van der Waals surface area contributed by atoms with Crippen LogP contribution in [-0.2, 0) is 6.42 Å². The van der Waals surface area contributed by atoms with E-state index in [1.807, 2.05) is 18.3 Å². The molecule has 0 amide bonds. The summed E-state index contributed by atoms with van der Waals surface area (Å²) in [6, 6.07) is 5.42. The number of benzene rings is 1. The summed E-state index contributed by atoms with van der Waals surface area (Å²) in [4.78, 5) is 0. The molecular formula is C11H11Cl2N3O. The third-order valence-corrected chi connectivity index (χ3v) is 2.79. The first-order valence-electron chi connectivity index (χ1n) is 5.05. The van der Waals surface area contributed by atoms with Gasteiger partial charge in [-0.1, -0.05) is 16.8 Å². The average molecular weight is 272 g/mol. The fourth-order valence-electron chi connectivity index (χ4n) is 1.43. The molecule has 2 aromatic rings. The molecule has 0 saturated heterocycles. The van der Waals surface area contributed by atoms with Gasteiger partial charge in [-0.3, -0.25) is 0 Å². The summed E-state index contributed by atoms with van der Waals surface area (Å²) in [5.41, 5.74) is 1.70. The molecule has 0 aliphatic heterocycles. The highest BCUT2D eigenvalue weighted by molar-refractivity contribution is 6.32. The second-order valence-corrected chi connectivity index (χ2v) is 4.20. The fourth-order valence-corrected chi connectivity index (χ4v) is 1.82. The molecule has 6 heteroatoms. The van der Waals surface area contributed by atoms with Gasteiger partial charge in [0.25, 0.3) is 0 Å². The van der Waals surface area contributed by atoms with E-state index >= 15 is 0 Å². The van der Waals surface area contributed by atoms with Crippen molar-refractivity contribution >= 4 is 23.2 Å². The number of hydrogen-bond donors (Lipinski definition) is 0. The van der Waals surface area contributed by atoms with Gasteiger partial charge < -0.3 is 4.74 Å². The van der Waals surface area contributed by atoms with Gasteiger partial charge in [-0.2, -0.15) is 0 Å². The lowest BCUT2D eigenvalue weighted by molar-refractivity contribution is 0.414. The third kappa shape index (κ3) is 2.70. The van der Waals surface area contributed by atoms with Crippen LogP contribution in [0.5, 0.6) is 5.75 Å². The molecule has 17 heavy (non-hydrogen) atoms. The van der Waals surface area contributed by atoms with Crippen molar-refractivity contribution in [2.75, 3.05) is 13.0 Å². The summed E-state index contributed by atoms with van der Waals surface area (Å²) >= 11 is 11.6. The number of alkyl halides is 1. The second kappa shape index (κ2) is 5.38. The van der Waals surface area contributed by atoms with Crippen molar-refractivity contribution in [2.45, 2.75) is 6.42 Å². The minimum absolute atomic E-state index is 0.530. The van der Waals surface area contributed by atoms with Crippen molar-refractivity contribution in [1.82, 2.24) is 15.0 Å². The Balaban J connectivity index is 2.32. The molecule has 0 unspecified atom stereocenters. The molecule has 4 nitrogen and oxygen atoms in total. The quantitative estimate of drug-likeness (QED) is 0.803. The van der Waals surface area contributed by atoms with Crippen LogP contribution in [0.1, 0.15) is 5.69 Å². The minimum atomic E-state index is 0.530. The summed E-state index contributed by atoms with van der Waals surface area (Å²) in [6.45, 7) is 0. The van der Waals surface area contributed by atoms with Crippen molar-refractivity contribution < 1.29 is 4.74 Å². The maximum absolute atomic E-state index is 5.95. The van der Waals surface area contributed by atoms with E-state index in [1.54, 1.807) is 17.9 Å². The first-order chi connectivity index (χ1) is 8.24. The van der Waals surface area contributed by atoms with Gasteiger partial charge in [0.15, 0.2) is 0 Å². The third-order valence-electron chi connectivity index (χ3n) is 2.29. The van der Waals surface area contributed by atoms with Crippen LogP contribution in [0.15, 0.2) is 24.4 Å². The zero-order valence-corrected chi connectivity index (χ0v) is 10.7. The number of rotatable bonds is 4. The largest absolute Gasteiger partial charge is 0.495 e. The van der Waals surface area contributed by atoms with Gasteiger partial charge in [0, 0.05) is 18.4 Å². The van der Waals surface area contributed by atoms with E-state index in [1.165, 1.54) is 0 Å². The molecule has 0 atom stereocenters. The number of aryl methyl sites for hydroxylation is 1. The summed E-state index contributed by atoms with van der Waals surface area (Å²) in [7, 11) is 1.57. The van der Waals surface area contributed by atoms with Crippen LogP contribution in [0.2, 0.25) is 5.02 Å². The monoisotopic (exact) mass is 271 g/mol. The Morgan fingerprint density at radius 1 is 1.41 bits per heavy atom. The summed E-state index contributed by atoms with van der Waals surface area (Å²) in [5, 5.41) is 8.60. The predicted octanol–water partition coefficient (Wildman–Crippen LogP) is 2.71. The standard InChI is InChI=1S/C11H11Cl2N3O/c1-17-11-6-9(2-3-10(11)13)16-7-8(4-5-12)14-15-16/h2-3,6-7H,4-5H2,1H3. The van der Waals surface area contributed by atoms with Crippen LogP contribution < -0.4 is 4.74 Å². The highest BCUT2D eigenvalue weighted by Gasteiger charge is 2.06. The number of halogens is 2. The molecule has 0 aliphatic carbocycles. The molecule has 1 aromatic carbocycles. The first kappa shape index (κ1) is 12.2. The van der Waals surface area contributed by atoms with Crippen LogP contribution in [0.4, 0.5) is 0 Å². The molecule has 0 aliphatic rings. The van der Waals surface area contributed by atoms with E-state index < -0.39 is 0 Å². The SMILES string of the molecule is COc1cc(-n2cc(CCCl)nn2)ccc1Cl. The molecule has 0 radical (unpaired) electrons. The summed E-state index contributed by atoms with van der Waals surface area (Å²) < 4.78 is 6.81. The van der Waals surface area contributed by atoms with Crippen LogP contribution >= 0.6 is 23.2 Å². The van der Waals surface area contributed by atoms with Crippen molar-refractivity contribution in [3.8, 4) is 11.4 Å². The Morgan fingerprint density at radius 3 is 2.94 bits per heavy atom. The maximum atomic E-state index is 5.95. The van der Waals surface area contributed by atoms with E-state index in [0.29, 0.717) is 23.1 Å². The van der Waals surface area contributed by atoms with E-state index in [9.17, 15) is 0 Å². The molecule has 1 aromatic heterocycles. The Kier molecular flexibility index (Phi) is 3.86. The van der Waals surface area contributed by atoms with Gasteiger partial charge in [0.05, 0.1) is 29.7 Å². The topological polar surface area (TPSA) is 39.9 Å². The molecule has 90 valence electrons. The molecule has 0 bridgehead atoms. The lowest BCUT2D eigenvalue weighted by atomic mass is 10.3. The predicted molar refractivity (Wildman–Crippen MR) is 67.3 cm³/mol. The lowest BCUT2D eigenvalue weighted by Crippen LogP contribution is -1.96. The van der Waals surface area contributed by atoms with Crippen molar-refractivity contribution in [1.29, 1.82) is 0 Å². The van der Waals surface area contributed by atoms with E-state index in [4.69, 9.17) is 27.9 Å². The Morgan fingerprint density at radius 2 is 2.24 bits per heavy atom. The van der Waals surface area contributed by atoms with E-state index in [-0.39, 0.29) is 0 Å². The molecule has 0 saturated carbocycles. The normalized spacial score (nSPS) is 10.5. The fraction of sp³-hybridized carbons (Fsp3) is 0.273.